The largest absolute Gasteiger partial charge is 0.388 e. The molecule has 1 N–H and O–H groups in total. The molecule has 1 aromatic heterocycles. The van der Waals surface area contributed by atoms with E-state index >= 15 is 0 Å². The molecule has 4 heteroatoms. The molecule has 1 aromatic carbocycles. The van der Waals surface area contributed by atoms with Gasteiger partial charge in [0, 0.05) is 24.2 Å². The Hall–Kier alpha value is -2.20. The monoisotopic (exact) mass is 310 g/mol. The molecule has 120 valence electrons. The highest BCUT2D eigenvalue weighted by Crippen LogP contribution is 2.27. The SMILES string of the molecule is CC(C)(O)C1CCCN1C(=O)/C=C/c1ccnc2ccccc12. The number of hydrogen-bond donors (Lipinski definition) is 1. The van der Waals surface area contributed by atoms with E-state index in [1.807, 2.05) is 36.4 Å². The maximum atomic E-state index is 12.5. The number of carbonyl (C=O) groups excluding carboxylic acids is 1. The second-order valence-corrected chi connectivity index (χ2v) is 6.59. The third-order valence-electron chi connectivity index (χ3n) is 4.44. The number of benzene rings is 1. The molecule has 0 spiro atoms. The van der Waals surface area contributed by atoms with Crippen molar-refractivity contribution in [1.82, 2.24) is 9.88 Å². The third kappa shape index (κ3) is 3.27. The summed E-state index contributed by atoms with van der Waals surface area (Å²) in [5, 5.41) is 11.3. The quantitative estimate of drug-likeness (QED) is 0.887. The molecule has 1 atom stereocenters. The molecule has 1 aliphatic heterocycles. The summed E-state index contributed by atoms with van der Waals surface area (Å²) < 4.78 is 0. The molecule has 1 unspecified atom stereocenters. The number of rotatable bonds is 3. The van der Waals surface area contributed by atoms with Crippen LogP contribution in [0.25, 0.3) is 17.0 Å². The van der Waals surface area contributed by atoms with E-state index in [-0.39, 0.29) is 11.9 Å². The summed E-state index contributed by atoms with van der Waals surface area (Å²) >= 11 is 0. The Balaban J connectivity index is 1.83. The number of fused-ring (bicyclic) bond motifs is 1. The summed E-state index contributed by atoms with van der Waals surface area (Å²) in [5.74, 6) is -0.0458. The Kier molecular flexibility index (Phi) is 4.18. The van der Waals surface area contributed by atoms with Crippen molar-refractivity contribution >= 4 is 22.9 Å². The first kappa shape index (κ1) is 15.7. The van der Waals surface area contributed by atoms with Crippen molar-refractivity contribution in [3.63, 3.8) is 0 Å². The van der Waals surface area contributed by atoms with Crippen molar-refractivity contribution in [2.75, 3.05) is 6.54 Å². The first-order chi connectivity index (χ1) is 11.0. The molecule has 1 aliphatic rings. The van der Waals surface area contributed by atoms with E-state index in [1.165, 1.54) is 0 Å². The van der Waals surface area contributed by atoms with E-state index in [9.17, 15) is 9.90 Å². The number of carbonyl (C=O) groups is 1. The molecule has 2 aromatic rings. The molecule has 4 nitrogen and oxygen atoms in total. The minimum Gasteiger partial charge on any atom is -0.388 e. The Morgan fingerprint density at radius 3 is 2.91 bits per heavy atom. The highest BCUT2D eigenvalue weighted by molar-refractivity contribution is 5.96. The number of para-hydroxylation sites is 1. The lowest BCUT2D eigenvalue weighted by Crippen LogP contribution is -2.47. The number of nitrogens with zero attached hydrogens (tertiary/aromatic N) is 2. The van der Waals surface area contributed by atoms with Gasteiger partial charge in [-0.2, -0.15) is 0 Å². The minimum absolute atomic E-state index is 0.0458. The second kappa shape index (κ2) is 6.13. The van der Waals surface area contributed by atoms with Gasteiger partial charge in [-0.3, -0.25) is 9.78 Å². The van der Waals surface area contributed by atoms with Crippen LogP contribution in [-0.4, -0.2) is 39.1 Å². The van der Waals surface area contributed by atoms with Crippen LogP contribution in [0.1, 0.15) is 32.3 Å². The fourth-order valence-electron chi connectivity index (χ4n) is 3.29. The minimum atomic E-state index is -0.872. The predicted octanol–water partition coefficient (Wildman–Crippen LogP) is 3.01. The van der Waals surface area contributed by atoms with Crippen LogP contribution in [0.2, 0.25) is 0 Å². The summed E-state index contributed by atoms with van der Waals surface area (Å²) in [7, 11) is 0. The standard InChI is InChI=1S/C19H22N2O2/c1-19(2,23)17-8-5-13-21(17)18(22)10-9-14-11-12-20-16-7-4-3-6-15(14)16/h3-4,6-7,9-12,17,23H,5,8,13H2,1-2H3/b10-9+. The van der Waals surface area contributed by atoms with Crippen LogP contribution in [0.15, 0.2) is 42.6 Å². The smallest absolute Gasteiger partial charge is 0.246 e. The average Bonchev–Trinajstić information content (AvgIpc) is 3.02. The van der Waals surface area contributed by atoms with Gasteiger partial charge in [0.25, 0.3) is 0 Å². The van der Waals surface area contributed by atoms with E-state index in [2.05, 4.69) is 4.98 Å². The van der Waals surface area contributed by atoms with Gasteiger partial charge >= 0.3 is 0 Å². The van der Waals surface area contributed by atoms with Crippen LogP contribution in [0, 0.1) is 0 Å². The van der Waals surface area contributed by atoms with Crippen LogP contribution in [0.3, 0.4) is 0 Å². The molecular weight excluding hydrogens is 288 g/mol. The molecule has 1 fully saturated rings. The van der Waals surface area contributed by atoms with Gasteiger partial charge in [0.2, 0.25) is 5.91 Å². The fraction of sp³-hybridized carbons (Fsp3) is 0.368. The number of aliphatic hydroxyl groups is 1. The zero-order chi connectivity index (χ0) is 16.4. The van der Waals surface area contributed by atoms with Crippen molar-refractivity contribution in [2.24, 2.45) is 0 Å². The highest BCUT2D eigenvalue weighted by atomic mass is 16.3. The first-order valence-electron chi connectivity index (χ1n) is 8.01. The molecule has 0 saturated carbocycles. The van der Waals surface area contributed by atoms with Crippen LogP contribution in [-0.2, 0) is 4.79 Å². The van der Waals surface area contributed by atoms with Gasteiger partial charge in [0.15, 0.2) is 0 Å². The number of hydrogen-bond acceptors (Lipinski definition) is 3. The zero-order valence-corrected chi connectivity index (χ0v) is 13.6. The van der Waals surface area contributed by atoms with Crippen molar-refractivity contribution < 1.29 is 9.90 Å². The Labute approximate surface area is 136 Å². The van der Waals surface area contributed by atoms with Gasteiger partial charge < -0.3 is 10.0 Å². The lowest BCUT2D eigenvalue weighted by molar-refractivity contribution is -0.131. The van der Waals surface area contributed by atoms with Crippen LogP contribution in [0.5, 0.6) is 0 Å². The summed E-state index contributed by atoms with van der Waals surface area (Å²) in [5.41, 5.74) is 1.02. The number of pyridine rings is 1. The molecule has 3 rings (SSSR count). The van der Waals surface area contributed by atoms with E-state index in [0.29, 0.717) is 6.54 Å². The van der Waals surface area contributed by atoms with E-state index in [4.69, 9.17) is 0 Å². The molecule has 0 bridgehead atoms. The van der Waals surface area contributed by atoms with Gasteiger partial charge in [0.1, 0.15) is 0 Å². The predicted molar refractivity (Wildman–Crippen MR) is 91.8 cm³/mol. The van der Waals surface area contributed by atoms with Crippen molar-refractivity contribution in [3.05, 3.63) is 48.2 Å². The second-order valence-electron chi connectivity index (χ2n) is 6.59. The molecule has 2 heterocycles. The number of likely N-dealkylation sites (tertiary alicyclic amines) is 1. The third-order valence-corrected chi connectivity index (χ3v) is 4.44. The summed E-state index contributed by atoms with van der Waals surface area (Å²) in [6.07, 6.45) is 6.98. The van der Waals surface area contributed by atoms with Crippen LogP contribution >= 0.6 is 0 Å². The zero-order valence-electron chi connectivity index (χ0n) is 13.6. The van der Waals surface area contributed by atoms with Crippen molar-refractivity contribution in [3.8, 4) is 0 Å². The molecule has 0 aliphatic carbocycles. The Morgan fingerprint density at radius 2 is 2.13 bits per heavy atom. The molecule has 1 saturated heterocycles. The topological polar surface area (TPSA) is 53.4 Å². The van der Waals surface area contributed by atoms with Crippen LogP contribution in [0.4, 0.5) is 0 Å². The summed E-state index contributed by atoms with van der Waals surface area (Å²) in [6, 6.07) is 9.67. The Bertz CT molecular complexity index is 741. The fourth-order valence-corrected chi connectivity index (χ4v) is 3.29. The average molecular weight is 310 g/mol. The summed E-state index contributed by atoms with van der Waals surface area (Å²) in [4.78, 5) is 18.6. The van der Waals surface area contributed by atoms with Gasteiger partial charge in [0.05, 0.1) is 17.2 Å². The lowest BCUT2D eigenvalue weighted by atomic mass is 9.96. The van der Waals surface area contributed by atoms with Gasteiger partial charge in [-0.15, -0.1) is 0 Å². The van der Waals surface area contributed by atoms with Crippen LogP contribution < -0.4 is 0 Å². The maximum absolute atomic E-state index is 12.5. The molecule has 1 amide bonds. The lowest BCUT2D eigenvalue weighted by Gasteiger charge is -2.33. The first-order valence-corrected chi connectivity index (χ1v) is 8.01. The molecular formula is C19H22N2O2. The molecule has 0 radical (unpaired) electrons. The van der Waals surface area contributed by atoms with Gasteiger partial charge in [-0.1, -0.05) is 18.2 Å². The molecule has 23 heavy (non-hydrogen) atoms. The van der Waals surface area contributed by atoms with E-state index < -0.39 is 5.60 Å². The van der Waals surface area contributed by atoms with Gasteiger partial charge in [-0.05, 0) is 50.5 Å². The number of amides is 1. The number of aromatic nitrogens is 1. The summed E-state index contributed by atoms with van der Waals surface area (Å²) in [6.45, 7) is 4.24. The van der Waals surface area contributed by atoms with Crippen molar-refractivity contribution in [1.29, 1.82) is 0 Å². The Morgan fingerprint density at radius 1 is 1.35 bits per heavy atom. The highest BCUT2D eigenvalue weighted by Gasteiger charge is 2.37. The van der Waals surface area contributed by atoms with E-state index in [0.717, 1.165) is 29.3 Å². The normalized spacial score (nSPS) is 18.9. The maximum Gasteiger partial charge on any atom is 0.246 e. The van der Waals surface area contributed by atoms with Gasteiger partial charge in [-0.25, -0.2) is 0 Å². The van der Waals surface area contributed by atoms with Crippen molar-refractivity contribution in [2.45, 2.75) is 38.3 Å². The van der Waals surface area contributed by atoms with E-state index in [1.54, 1.807) is 31.0 Å².